The van der Waals surface area contributed by atoms with Crippen molar-refractivity contribution in [2.75, 3.05) is 40.0 Å². The van der Waals surface area contributed by atoms with Crippen molar-refractivity contribution in [3.63, 3.8) is 0 Å². The first kappa shape index (κ1) is 24.2. The average molecular weight is 486 g/mol. The summed E-state index contributed by atoms with van der Waals surface area (Å²) in [6.07, 6.45) is 6.06. The molecule has 1 saturated heterocycles. The van der Waals surface area contributed by atoms with Gasteiger partial charge in [-0.05, 0) is 60.6 Å². The van der Waals surface area contributed by atoms with Crippen molar-refractivity contribution in [1.82, 2.24) is 10.3 Å². The number of hydrogen-bond acceptors (Lipinski definition) is 7. The van der Waals surface area contributed by atoms with Gasteiger partial charge in [0.2, 0.25) is 0 Å². The Bertz CT molecular complexity index is 1050. The maximum absolute atomic E-state index is 12.6. The Hall–Kier alpha value is -2.91. The first-order chi connectivity index (χ1) is 16.6. The van der Waals surface area contributed by atoms with E-state index in [1.165, 1.54) is 30.4 Å². The molecule has 0 saturated carbocycles. The molecule has 2 aliphatic rings. The van der Waals surface area contributed by atoms with Crippen LogP contribution in [0.3, 0.4) is 0 Å². The normalized spacial score (nSPS) is 17.9. The molecule has 182 valence electrons. The molecular weight excluding hydrogens is 454 g/mol. The van der Waals surface area contributed by atoms with Crippen LogP contribution in [0.15, 0.2) is 29.4 Å². The number of amides is 2. The third-order valence-electron chi connectivity index (χ3n) is 6.27. The molecule has 1 atom stereocenters. The largest absolute Gasteiger partial charge is 0.493 e. The second-order valence-electron chi connectivity index (χ2n) is 8.47. The molecule has 34 heavy (non-hydrogen) atoms. The maximum atomic E-state index is 12.6. The van der Waals surface area contributed by atoms with Gasteiger partial charge in [0.1, 0.15) is 0 Å². The van der Waals surface area contributed by atoms with Crippen molar-refractivity contribution in [3.8, 4) is 11.5 Å². The lowest BCUT2D eigenvalue weighted by Gasteiger charge is -2.26. The number of nitrogens with zero attached hydrogens (tertiary/aromatic N) is 2. The predicted molar refractivity (Wildman–Crippen MR) is 131 cm³/mol. The number of hydrazone groups is 1. The molecule has 0 radical (unpaired) electrons. The molecule has 0 bridgehead atoms. The Balaban J connectivity index is 1.32. The fourth-order valence-corrected chi connectivity index (χ4v) is 5.31. The van der Waals surface area contributed by atoms with Crippen molar-refractivity contribution in [2.24, 2.45) is 11.0 Å². The van der Waals surface area contributed by atoms with Crippen LogP contribution in [0.1, 0.15) is 45.4 Å². The lowest BCUT2D eigenvalue weighted by molar-refractivity contribution is -0.137. The molecule has 1 aliphatic heterocycles. The number of rotatable bonds is 8. The SMILES string of the molecule is CCC1CCc2sc(C(=O)N/N=C/c3ccc(OCC(=O)N4CCOCC4)c(OC)c3)cc2C1. The monoisotopic (exact) mass is 485 g/mol. The Morgan fingerprint density at radius 2 is 2.09 bits per heavy atom. The molecule has 1 fully saturated rings. The molecule has 1 unspecified atom stereocenters. The van der Waals surface area contributed by atoms with E-state index in [-0.39, 0.29) is 18.4 Å². The molecule has 9 heteroatoms. The molecule has 1 aromatic carbocycles. The lowest BCUT2D eigenvalue weighted by atomic mass is 9.87. The first-order valence-electron chi connectivity index (χ1n) is 11.7. The maximum Gasteiger partial charge on any atom is 0.281 e. The fourth-order valence-electron chi connectivity index (χ4n) is 4.21. The summed E-state index contributed by atoms with van der Waals surface area (Å²) in [5.74, 6) is 1.40. The summed E-state index contributed by atoms with van der Waals surface area (Å²) in [6, 6.07) is 7.28. The topological polar surface area (TPSA) is 89.5 Å². The highest BCUT2D eigenvalue weighted by Gasteiger charge is 2.22. The number of methoxy groups -OCH3 is 1. The van der Waals surface area contributed by atoms with Crippen molar-refractivity contribution in [1.29, 1.82) is 0 Å². The van der Waals surface area contributed by atoms with Gasteiger partial charge in [-0.2, -0.15) is 5.10 Å². The molecule has 1 aliphatic carbocycles. The Morgan fingerprint density at radius 3 is 2.85 bits per heavy atom. The van der Waals surface area contributed by atoms with Gasteiger partial charge in [0.15, 0.2) is 18.1 Å². The summed E-state index contributed by atoms with van der Waals surface area (Å²) in [5, 5.41) is 4.11. The quantitative estimate of drug-likeness (QED) is 0.458. The third kappa shape index (κ3) is 5.95. The summed E-state index contributed by atoms with van der Waals surface area (Å²) in [5.41, 5.74) is 4.67. The van der Waals surface area contributed by atoms with Crippen molar-refractivity contribution < 1.29 is 23.8 Å². The smallest absolute Gasteiger partial charge is 0.281 e. The standard InChI is InChI=1S/C25H31N3O5S/c1-3-17-5-7-22-19(12-17)14-23(34-22)25(30)27-26-15-18-4-6-20(21(13-18)31-2)33-16-24(29)28-8-10-32-11-9-28/h4,6,13-15,17H,3,5,7-12,16H2,1-2H3,(H,27,30)/b26-15+. The summed E-state index contributed by atoms with van der Waals surface area (Å²) < 4.78 is 16.4. The molecule has 0 spiro atoms. The van der Waals surface area contributed by atoms with Crippen molar-refractivity contribution >= 4 is 29.4 Å². The Labute approximate surface area is 203 Å². The molecule has 4 rings (SSSR count). The lowest BCUT2D eigenvalue weighted by Crippen LogP contribution is -2.43. The highest BCUT2D eigenvalue weighted by Crippen LogP contribution is 2.33. The number of nitrogens with one attached hydrogen (secondary N) is 1. The van der Waals surface area contributed by atoms with E-state index in [1.807, 2.05) is 6.07 Å². The summed E-state index contributed by atoms with van der Waals surface area (Å²) >= 11 is 1.57. The minimum atomic E-state index is -0.197. The van der Waals surface area contributed by atoms with Crippen LogP contribution in [0.25, 0.3) is 0 Å². The molecular formula is C25H31N3O5S. The Morgan fingerprint density at radius 1 is 1.26 bits per heavy atom. The van der Waals surface area contributed by atoms with E-state index in [4.69, 9.17) is 14.2 Å². The highest BCUT2D eigenvalue weighted by atomic mass is 32.1. The van der Waals surface area contributed by atoms with Crippen molar-refractivity contribution in [3.05, 3.63) is 45.1 Å². The molecule has 1 N–H and O–H groups in total. The van der Waals surface area contributed by atoms with Crippen LogP contribution in [0.4, 0.5) is 0 Å². The zero-order valence-corrected chi connectivity index (χ0v) is 20.5. The molecule has 8 nitrogen and oxygen atoms in total. The highest BCUT2D eigenvalue weighted by molar-refractivity contribution is 7.14. The second kappa shape index (κ2) is 11.5. The van der Waals surface area contributed by atoms with Crippen LogP contribution < -0.4 is 14.9 Å². The summed E-state index contributed by atoms with van der Waals surface area (Å²) in [4.78, 5) is 28.6. The minimum absolute atomic E-state index is 0.0658. The number of ether oxygens (including phenoxy) is 3. The van der Waals surface area contributed by atoms with E-state index < -0.39 is 0 Å². The number of benzene rings is 1. The third-order valence-corrected chi connectivity index (χ3v) is 7.50. The van der Waals surface area contributed by atoms with Crippen LogP contribution >= 0.6 is 11.3 Å². The second-order valence-corrected chi connectivity index (χ2v) is 9.60. The van der Waals surface area contributed by atoms with Crippen molar-refractivity contribution in [2.45, 2.75) is 32.6 Å². The van der Waals surface area contributed by atoms with Gasteiger partial charge in [0.25, 0.3) is 11.8 Å². The van der Waals surface area contributed by atoms with Gasteiger partial charge in [0, 0.05) is 18.0 Å². The minimum Gasteiger partial charge on any atom is -0.493 e. The van der Waals surface area contributed by atoms with Gasteiger partial charge < -0.3 is 19.1 Å². The van der Waals surface area contributed by atoms with Gasteiger partial charge in [-0.1, -0.05) is 13.3 Å². The van der Waals surface area contributed by atoms with E-state index in [9.17, 15) is 9.59 Å². The zero-order valence-electron chi connectivity index (χ0n) is 19.7. The summed E-state index contributed by atoms with van der Waals surface area (Å²) in [7, 11) is 1.54. The van der Waals surface area contributed by atoms with Crippen LogP contribution in [-0.2, 0) is 22.4 Å². The van der Waals surface area contributed by atoms with E-state index in [1.54, 1.807) is 40.7 Å². The number of aryl methyl sites for hydroxylation is 1. The van der Waals surface area contributed by atoms with E-state index in [2.05, 4.69) is 17.5 Å². The number of hydrogen-bond donors (Lipinski definition) is 1. The number of carbonyl (C=O) groups is 2. The van der Waals surface area contributed by atoms with Gasteiger partial charge in [0.05, 0.1) is 31.4 Å². The number of fused-ring (bicyclic) bond motifs is 1. The van der Waals surface area contributed by atoms with E-state index in [0.717, 1.165) is 24.3 Å². The number of thiophene rings is 1. The number of morpholine rings is 1. The Kier molecular flexibility index (Phi) is 8.18. The molecule has 2 heterocycles. The van der Waals surface area contributed by atoms with Gasteiger partial charge in [-0.3, -0.25) is 9.59 Å². The number of carbonyl (C=O) groups excluding carboxylic acids is 2. The summed E-state index contributed by atoms with van der Waals surface area (Å²) in [6.45, 7) is 4.41. The molecule has 2 aromatic rings. The van der Waals surface area contributed by atoms with Crippen LogP contribution in [-0.4, -0.2) is 62.9 Å². The van der Waals surface area contributed by atoms with Crippen LogP contribution in [0, 0.1) is 5.92 Å². The molecule has 1 aromatic heterocycles. The van der Waals surface area contributed by atoms with Crippen LogP contribution in [0.2, 0.25) is 0 Å². The predicted octanol–water partition coefficient (Wildman–Crippen LogP) is 3.27. The fraction of sp³-hybridized carbons (Fsp3) is 0.480. The van der Waals surface area contributed by atoms with Gasteiger partial charge >= 0.3 is 0 Å². The molecule has 2 amide bonds. The van der Waals surface area contributed by atoms with Gasteiger partial charge in [-0.15, -0.1) is 11.3 Å². The zero-order chi connectivity index (χ0) is 23.9. The van der Waals surface area contributed by atoms with Gasteiger partial charge in [-0.25, -0.2) is 5.43 Å². The van der Waals surface area contributed by atoms with E-state index in [0.29, 0.717) is 42.7 Å². The average Bonchev–Trinajstić information content (AvgIpc) is 3.31. The van der Waals surface area contributed by atoms with E-state index >= 15 is 0 Å². The first-order valence-corrected chi connectivity index (χ1v) is 12.5. The van der Waals surface area contributed by atoms with Crippen LogP contribution in [0.5, 0.6) is 11.5 Å².